The second-order valence-corrected chi connectivity index (χ2v) is 9.26. The summed E-state index contributed by atoms with van der Waals surface area (Å²) in [6, 6.07) is 12.7. The molecule has 150 valence electrons. The number of sulfone groups is 1. The molecule has 0 atom stereocenters. The summed E-state index contributed by atoms with van der Waals surface area (Å²) in [6.07, 6.45) is 1.14. The molecule has 6 nitrogen and oxygen atoms in total. The summed E-state index contributed by atoms with van der Waals surface area (Å²) in [5.41, 5.74) is 3.42. The molecule has 0 spiro atoms. The Kier molecular flexibility index (Phi) is 6.49. The number of ether oxygens (including phenoxy) is 1. The maximum atomic E-state index is 12.7. The second-order valence-electron chi connectivity index (χ2n) is 7.24. The van der Waals surface area contributed by atoms with Crippen LogP contribution in [0.1, 0.15) is 27.0 Å². The first-order valence-corrected chi connectivity index (χ1v) is 11.3. The van der Waals surface area contributed by atoms with Gasteiger partial charge in [-0.05, 0) is 30.2 Å². The van der Waals surface area contributed by atoms with E-state index in [4.69, 9.17) is 4.74 Å². The van der Waals surface area contributed by atoms with Gasteiger partial charge in [0.25, 0.3) is 5.91 Å². The molecule has 1 heterocycles. The van der Waals surface area contributed by atoms with Crippen molar-refractivity contribution in [2.45, 2.75) is 24.9 Å². The molecular weight excluding hydrogens is 376 g/mol. The first-order chi connectivity index (χ1) is 13.3. The molecular formula is C21H27N2O4S+. The van der Waals surface area contributed by atoms with Gasteiger partial charge in [-0.2, -0.15) is 0 Å². The molecule has 1 aliphatic rings. The molecule has 0 saturated carbocycles. The minimum Gasteiger partial charge on any atom is -0.370 e. The molecule has 1 fully saturated rings. The average molecular weight is 404 g/mol. The van der Waals surface area contributed by atoms with Crippen LogP contribution in [0.15, 0.2) is 47.4 Å². The minimum atomic E-state index is -3.36. The maximum Gasteiger partial charge on any atom is 0.251 e. The molecule has 2 N–H and O–H groups in total. The SMILES string of the molecule is Cc1ccc(S(C)(=O)=O)cc1C(=O)NCc1ccccc1C[NH+]1CCOCC1. The van der Waals surface area contributed by atoms with Crippen LogP contribution < -0.4 is 10.2 Å². The summed E-state index contributed by atoms with van der Waals surface area (Å²) in [5.74, 6) is -0.267. The lowest BCUT2D eigenvalue weighted by Crippen LogP contribution is -3.12. The Hall–Kier alpha value is -2.22. The van der Waals surface area contributed by atoms with Crippen molar-refractivity contribution in [1.29, 1.82) is 0 Å². The van der Waals surface area contributed by atoms with E-state index in [0.717, 1.165) is 50.2 Å². The zero-order valence-corrected chi connectivity index (χ0v) is 17.1. The Bertz CT molecular complexity index is 951. The monoisotopic (exact) mass is 403 g/mol. The number of nitrogens with one attached hydrogen (secondary N) is 2. The van der Waals surface area contributed by atoms with Gasteiger partial charge in [-0.1, -0.05) is 30.3 Å². The summed E-state index contributed by atoms with van der Waals surface area (Å²) in [7, 11) is -3.36. The maximum absolute atomic E-state index is 12.7. The Morgan fingerprint density at radius 2 is 1.79 bits per heavy atom. The summed E-state index contributed by atoms with van der Waals surface area (Å²) in [4.78, 5) is 14.3. The average Bonchev–Trinajstić information content (AvgIpc) is 2.67. The van der Waals surface area contributed by atoms with E-state index in [1.807, 2.05) is 18.2 Å². The molecule has 0 aliphatic carbocycles. The van der Waals surface area contributed by atoms with Crippen molar-refractivity contribution in [3.8, 4) is 0 Å². The number of hydrogen-bond acceptors (Lipinski definition) is 4. The lowest BCUT2D eigenvalue weighted by Gasteiger charge is -2.24. The van der Waals surface area contributed by atoms with E-state index in [0.29, 0.717) is 12.1 Å². The first kappa shape index (κ1) is 20.5. The summed E-state index contributed by atoms with van der Waals surface area (Å²) >= 11 is 0. The molecule has 3 rings (SSSR count). The summed E-state index contributed by atoms with van der Waals surface area (Å²) in [6.45, 7) is 6.64. The Morgan fingerprint density at radius 1 is 1.11 bits per heavy atom. The van der Waals surface area contributed by atoms with Gasteiger partial charge in [0.05, 0.1) is 18.1 Å². The third-order valence-electron chi connectivity index (χ3n) is 5.08. The number of benzene rings is 2. The number of carbonyl (C=O) groups excluding carboxylic acids is 1. The quantitative estimate of drug-likeness (QED) is 0.746. The van der Waals surface area contributed by atoms with E-state index in [2.05, 4.69) is 11.4 Å². The van der Waals surface area contributed by atoms with Gasteiger partial charge in [0.1, 0.15) is 19.6 Å². The van der Waals surface area contributed by atoms with Crippen LogP contribution in [-0.4, -0.2) is 46.9 Å². The topological polar surface area (TPSA) is 76.9 Å². The number of hydrogen-bond donors (Lipinski definition) is 2. The van der Waals surface area contributed by atoms with Gasteiger partial charge in [-0.25, -0.2) is 8.42 Å². The predicted molar refractivity (Wildman–Crippen MR) is 107 cm³/mol. The highest BCUT2D eigenvalue weighted by Gasteiger charge is 2.17. The van der Waals surface area contributed by atoms with Crippen LogP contribution in [0.25, 0.3) is 0 Å². The fourth-order valence-corrected chi connectivity index (χ4v) is 4.00. The van der Waals surface area contributed by atoms with Crippen molar-refractivity contribution < 1.29 is 22.8 Å². The smallest absolute Gasteiger partial charge is 0.251 e. The number of quaternary nitrogens is 1. The van der Waals surface area contributed by atoms with Crippen LogP contribution in [0.5, 0.6) is 0 Å². The van der Waals surface area contributed by atoms with Crippen molar-refractivity contribution >= 4 is 15.7 Å². The Labute approximate surface area is 166 Å². The Morgan fingerprint density at radius 3 is 2.46 bits per heavy atom. The minimum absolute atomic E-state index is 0.152. The molecule has 0 unspecified atom stereocenters. The molecule has 28 heavy (non-hydrogen) atoms. The molecule has 1 saturated heterocycles. The highest BCUT2D eigenvalue weighted by atomic mass is 32.2. The first-order valence-electron chi connectivity index (χ1n) is 9.41. The highest BCUT2D eigenvalue weighted by Crippen LogP contribution is 2.16. The van der Waals surface area contributed by atoms with Gasteiger partial charge in [0.15, 0.2) is 9.84 Å². The molecule has 0 aromatic heterocycles. The zero-order chi connectivity index (χ0) is 20.1. The van der Waals surface area contributed by atoms with E-state index >= 15 is 0 Å². The van der Waals surface area contributed by atoms with Gasteiger partial charge in [-0.15, -0.1) is 0 Å². The number of carbonyl (C=O) groups is 1. The van der Waals surface area contributed by atoms with Crippen LogP contribution in [0.4, 0.5) is 0 Å². The normalized spacial score (nSPS) is 15.4. The number of aryl methyl sites for hydroxylation is 1. The van der Waals surface area contributed by atoms with Crippen molar-refractivity contribution in [2.75, 3.05) is 32.6 Å². The van der Waals surface area contributed by atoms with Crippen LogP contribution in [0.2, 0.25) is 0 Å². The van der Waals surface area contributed by atoms with Gasteiger partial charge in [-0.3, -0.25) is 4.79 Å². The third-order valence-corrected chi connectivity index (χ3v) is 6.19. The molecule has 0 bridgehead atoms. The van der Waals surface area contributed by atoms with Crippen LogP contribution >= 0.6 is 0 Å². The van der Waals surface area contributed by atoms with Crippen molar-refractivity contribution in [3.63, 3.8) is 0 Å². The van der Waals surface area contributed by atoms with Gasteiger partial charge >= 0.3 is 0 Å². The Balaban J connectivity index is 1.71. The lowest BCUT2D eigenvalue weighted by atomic mass is 10.1. The van der Waals surface area contributed by atoms with E-state index in [1.54, 1.807) is 13.0 Å². The zero-order valence-electron chi connectivity index (χ0n) is 16.3. The number of amides is 1. The summed E-state index contributed by atoms with van der Waals surface area (Å²) in [5, 5.41) is 2.94. The predicted octanol–water partition coefficient (Wildman–Crippen LogP) is 0.744. The molecule has 1 aliphatic heterocycles. The molecule has 0 radical (unpaired) electrons. The van der Waals surface area contributed by atoms with E-state index in [-0.39, 0.29) is 10.8 Å². The largest absolute Gasteiger partial charge is 0.370 e. The molecule has 2 aromatic rings. The van der Waals surface area contributed by atoms with Gasteiger partial charge in [0, 0.05) is 23.9 Å². The van der Waals surface area contributed by atoms with Crippen LogP contribution in [0, 0.1) is 6.92 Å². The van der Waals surface area contributed by atoms with Crippen LogP contribution in [-0.2, 0) is 27.7 Å². The summed E-state index contributed by atoms with van der Waals surface area (Å²) < 4.78 is 29.0. The van der Waals surface area contributed by atoms with E-state index in [1.165, 1.54) is 22.6 Å². The fraction of sp³-hybridized carbons (Fsp3) is 0.381. The number of morpholine rings is 1. The standard InChI is InChI=1S/C21H26N2O4S/c1-16-7-8-19(28(2,25)26)13-20(16)21(24)22-14-17-5-3-4-6-18(17)15-23-9-11-27-12-10-23/h3-8,13H,9-12,14-15H2,1-2H3,(H,22,24)/p+1. The van der Waals surface area contributed by atoms with Crippen molar-refractivity contribution in [2.24, 2.45) is 0 Å². The van der Waals surface area contributed by atoms with Crippen LogP contribution in [0.3, 0.4) is 0 Å². The van der Waals surface area contributed by atoms with Gasteiger partial charge in [0.2, 0.25) is 0 Å². The molecule has 7 heteroatoms. The molecule has 1 amide bonds. The van der Waals surface area contributed by atoms with E-state index < -0.39 is 9.84 Å². The number of rotatable bonds is 6. The fourth-order valence-electron chi connectivity index (χ4n) is 3.36. The van der Waals surface area contributed by atoms with Gasteiger partial charge < -0.3 is 15.0 Å². The lowest BCUT2D eigenvalue weighted by molar-refractivity contribution is -0.921. The van der Waals surface area contributed by atoms with Crippen molar-refractivity contribution in [3.05, 3.63) is 64.7 Å². The van der Waals surface area contributed by atoms with E-state index in [9.17, 15) is 13.2 Å². The molecule has 2 aromatic carbocycles. The van der Waals surface area contributed by atoms with Crippen molar-refractivity contribution in [1.82, 2.24) is 5.32 Å². The highest BCUT2D eigenvalue weighted by molar-refractivity contribution is 7.90. The third kappa shape index (κ3) is 5.19. The second kappa shape index (κ2) is 8.86.